The summed E-state index contributed by atoms with van der Waals surface area (Å²) in [6.45, 7) is 0. The summed E-state index contributed by atoms with van der Waals surface area (Å²) in [5.74, 6) is -1.28. The third kappa shape index (κ3) is 4.25. The number of amides is 1. The van der Waals surface area contributed by atoms with E-state index in [1.807, 2.05) is 0 Å². The standard InChI is InChI=1S/C15H11BrClF2NO/c16-11(7-9-3-1-2-4-13(9)18)15(21)20-10-5-6-14(19)12(17)8-10/h1-6,8,11H,7H2,(H,20,21). The molecule has 6 heteroatoms. The Morgan fingerprint density at radius 1 is 1.19 bits per heavy atom. The molecule has 0 spiro atoms. The number of carbonyl (C=O) groups is 1. The molecule has 2 nitrogen and oxygen atoms in total. The molecule has 0 heterocycles. The number of hydrogen-bond acceptors (Lipinski definition) is 1. The van der Waals surface area contributed by atoms with Crippen LogP contribution in [0.15, 0.2) is 42.5 Å². The van der Waals surface area contributed by atoms with Crippen molar-refractivity contribution >= 4 is 39.1 Å². The summed E-state index contributed by atoms with van der Waals surface area (Å²) in [5, 5.41) is 2.51. The van der Waals surface area contributed by atoms with E-state index in [4.69, 9.17) is 11.6 Å². The Morgan fingerprint density at radius 3 is 2.57 bits per heavy atom. The van der Waals surface area contributed by atoms with Gasteiger partial charge in [-0.15, -0.1) is 0 Å². The van der Waals surface area contributed by atoms with Crippen molar-refractivity contribution in [1.29, 1.82) is 0 Å². The van der Waals surface area contributed by atoms with Crippen LogP contribution in [0.2, 0.25) is 5.02 Å². The number of carbonyl (C=O) groups excluding carboxylic acids is 1. The smallest absolute Gasteiger partial charge is 0.238 e. The third-order valence-corrected chi connectivity index (χ3v) is 3.86. The maximum atomic E-state index is 13.5. The molecule has 0 saturated heterocycles. The van der Waals surface area contributed by atoms with Crippen molar-refractivity contribution in [2.75, 3.05) is 5.32 Å². The van der Waals surface area contributed by atoms with Crippen LogP contribution in [0, 0.1) is 11.6 Å². The highest BCUT2D eigenvalue weighted by atomic mass is 79.9. The molecule has 0 aliphatic rings. The van der Waals surface area contributed by atoms with E-state index in [1.54, 1.807) is 18.2 Å². The lowest BCUT2D eigenvalue weighted by atomic mass is 10.1. The molecule has 1 amide bonds. The topological polar surface area (TPSA) is 29.1 Å². The Kier molecular flexibility index (Phi) is 5.31. The Labute approximate surface area is 134 Å². The van der Waals surface area contributed by atoms with Crippen LogP contribution >= 0.6 is 27.5 Å². The molecule has 2 aromatic carbocycles. The minimum absolute atomic E-state index is 0.0759. The molecule has 2 aromatic rings. The van der Waals surface area contributed by atoms with E-state index in [1.165, 1.54) is 18.2 Å². The van der Waals surface area contributed by atoms with Gasteiger partial charge in [-0.05, 0) is 36.2 Å². The molecule has 0 bridgehead atoms. The summed E-state index contributed by atoms with van der Waals surface area (Å²) < 4.78 is 26.6. The summed E-state index contributed by atoms with van der Waals surface area (Å²) in [4.78, 5) is 11.4. The van der Waals surface area contributed by atoms with E-state index in [0.29, 0.717) is 11.3 Å². The van der Waals surface area contributed by atoms with Crippen LogP contribution in [0.4, 0.5) is 14.5 Å². The summed E-state index contributed by atoms with van der Waals surface area (Å²) in [7, 11) is 0. The van der Waals surface area contributed by atoms with E-state index in [2.05, 4.69) is 21.2 Å². The zero-order valence-corrected chi connectivity index (χ0v) is 13.1. The van der Waals surface area contributed by atoms with Gasteiger partial charge in [0.2, 0.25) is 5.91 Å². The van der Waals surface area contributed by atoms with Gasteiger partial charge < -0.3 is 5.32 Å². The Hall–Kier alpha value is -1.46. The van der Waals surface area contributed by atoms with Gasteiger partial charge in [0.15, 0.2) is 0 Å². The highest BCUT2D eigenvalue weighted by Crippen LogP contribution is 2.21. The molecule has 110 valence electrons. The van der Waals surface area contributed by atoms with E-state index >= 15 is 0 Å². The molecule has 0 aromatic heterocycles. The molecular weight excluding hydrogens is 364 g/mol. The maximum Gasteiger partial charge on any atom is 0.238 e. The Morgan fingerprint density at radius 2 is 1.90 bits per heavy atom. The number of nitrogens with one attached hydrogen (secondary N) is 1. The average molecular weight is 375 g/mol. The van der Waals surface area contributed by atoms with Crippen LogP contribution in [0.3, 0.4) is 0 Å². The fraction of sp³-hybridized carbons (Fsp3) is 0.133. The largest absolute Gasteiger partial charge is 0.325 e. The van der Waals surface area contributed by atoms with Crippen molar-refractivity contribution in [2.45, 2.75) is 11.2 Å². The van der Waals surface area contributed by atoms with Gasteiger partial charge in [-0.25, -0.2) is 8.78 Å². The minimum atomic E-state index is -0.613. The molecule has 1 N–H and O–H groups in total. The second-order valence-corrected chi connectivity index (χ2v) is 5.89. The van der Waals surface area contributed by atoms with Gasteiger partial charge in [0.1, 0.15) is 11.6 Å². The normalized spacial score (nSPS) is 12.0. The first-order valence-electron chi connectivity index (χ1n) is 6.11. The molecule has 0 saturated carbocycles. The average Bonchev–Trinajstić information content (AvgIpc) is 2.45. The Bertz CT molecular complexity index is 666. The molecular formula is C15H11BrClF2NO. The van der Waals surface area contributed by atoms with Crippen molar-refractivity contribution in [1.82, 2.24) is 0 Å². The summed E-state index contributed by atoms with van der Waals surface area (Å²) >= 11 is 8.86. The lowest BCUT2D eigenvalue weighted by Crippen LogP contribution is -2.25. The molecule has 0 fully saturated rings. The molecule has 2 rings (SSSR count). The summed E-state index contributed by atoms with van der Waals surface area (Å²) in [6.07, 6.45) is 0.202. The van der Waals surface area contributed by atoms with Crippen LogP contribution in [-0.2, 0) is 11.2 Å². The molecule has 1 unspecified atom stereocenters. The lowest BCUT2D eigenvalue weighted by Gasteiger charge is -2.12. The molecule has 0 aliphatic heterocycles. The number of rotatable bonds is 4. The van der Waals surface area contributed by atoms with Gasteiger partial charge in [0.05, 0.1) is 9.85 Å². The number of hydrogen-bond donors (Lipinski definition) is 1. The SMILES string of the molecule is O=C(Nc1ccc(F)c(Cl)c1)C(Br)Cc1ccccc1F. The van der Waals surface area contributed by atoms with Crippen LogP contribution in [-0.4, -0.2) is 10.7 Å². The minimum Gasteiger partial charge on any atom is -0.325 e. The molecule has 1 atom stereocenters. The van der Waals surface area contributed by atoms with Gasteiger partial charge in [0, 0.05) is 5.69 Å². The van der Waals surface area contributed by atoms with Gasteiger partial charge in [-0.1, -0.05) is 45.7 Å². The second-order valence-electron chi connectivity index (χ2n) is 4.38. The zero-order chi connectivity index (χ0) is 15.4. The van der Waals surface area contributed by atoms with Crippen LogP contribution in [0.1, 0.15) is 5.56 Å². The van der Waals surface area contributed by atoms with Gasteiger partial charge >= 0.3 is 0 Å². The van der Waals surface area contributed by atoms with Crippen molar-refractivity contribution in [3.63, 3.8) is 0 Å². The maximum absolute atomic E-state index is 13.5. The first-order valence-corrected chi connectivity index (χ1v) is 7.40. The quantitative estimate of drug-likeness (QED) is 0.781. The van der Waals surface area contributed by atoms with E-state index in [-0.39, 0.29) is 23.2 Å². The monoisotopic (exact) mass is 373 g/mol. The van der Waals surface area contributed by atoms with Crippen molar-refractivity contribution in [3.05, 3.63) is 64.7 Å². The number of anilines is 1. The predicted octanol–water partition coefficient (Wildman–Crippen LogP) is 4.56. The van der Waals surface area contributed by atoms with Crippen molar-refractivity contribution in [3.8, 4) is 0 Å². The van der Waals surface area contributed by atoms with Gasteiger partial charge in [-0.3, -0.25) is 4.79 Å². The van der Waals surface area contributed by atoms with E-state index in [0.717, 1.165) is 6.07 Å². The summed E-state index contributed by atoms with van der Waals surface area (Å²) in [5.41, 5.74) is 0.816. The van der Waals surface area contributed by atoms with Gasteiger partial charge in [-0.2, -0.15) is 0 Å². The predicted molar refractivity (Wildman–Crippen MR) is 82.9 cm³/mol. The molecule has 0 radical (unpaired) electrons. The summed E-state index contributed by atoms with van der Waals surface area (Å²) in [6, 6.07) is 10.1. The molecule has 0 aliphatic carbocycles. The first-order chi connectivity index (χ1) is 9.97. The van der Waals surface area contributed by atoms with Crippen LogP contribution in [0.25, 0.3) is 0 Å². The second kappa shape index (κ2) is 7.00. The number of halogens is 4. The fourth-order valence-electron chi connectivity index (χ4n) is 1.74. The van der Waals surface area contributed by atoms with Gasteiger partial charge in [0.25, 0.3) is 0 Å². The zero-order valence-electron chi connectivity index (χ0n) is 10.7. The van der Waals surface area contributed by atoms with Crippen LogP contribution in [0.5, 0.6) is 0 Å². The highest BCUT2D eigenvalue weighted by molar-refractivity contribution is 9.10. The fourth-order valence-corrected chi connectivity index (χ4v) is 2.39. The highest BCUT2D eigenvalue weighted by Gasteiger charge is 2.17. The van der Waals surface area contributed by atoms with E-state index in [9.17, 15) is 13.6 Å². The van der Waals surface area contributed by atoms with E-state index < -0.39 is 10.6 Å². The van der Waals surface area contributed by atoms with Crippen molar-refractivity contribution < 1.29 is 13.6 Å². The first kappa shape index (κ1) is 15.9. The third-order valence-electron chi connectivity index (χ3n) is 2.83. The van der Waals surface area contributed by atoms with Crippen molar-refractivity contribution in [2.24, 2.45) is 0 Å². The lowest BCUT2D eigenvalue weighted by molar-refractivity contribution is -0.115. The number of alkyl halides is 1. The number of benzene rings is 2. The van der Waals surface area contributed by atoms with Crippen LogP contribution < -0.4 is 5.32 Å². The molecule has 21 heavy (non-hydrogen) atoms. The Balaban J connectivity index is 2.02.